The average Bonchev–Trinajstić information content (AvgIpc) is 2.44. The molecule has 0 saturated heterocycles. The van der Waals surface area contributed by atoms with Crippen molar-refractivity contribution in [3.8, 4) is 6.07 Å². The number of nitrogens with zero attached hydrogens (tertiary/aromatic N) is 2. The Hall–Kier alpha value is -1.86. The SMILES string of the molecule is CCC(C)N(CC)CC(=O)Nc1ccc(C#N)cc1. The number of carbonyl (C=O) groups is 1. The van der Waals surface area contributed by atoms with Crippen LogP contribution in [0.2, 0.25) is 0 Å². The predicted octanol–water partition coefficient (Wildman–Crippen LogP) is 2.62. The van der Waals surface area contributed by atoms with Crippen LogP contribution >= 0.6 is 0 Å². The number of hydrogen-bond acceptors (Lipinski definition) is 3. The quantitative estimate of drug-likeness (QED) is 0.854. The molecule has 0 fully saturated rings. The molecule has 1 amide bonds. The van der Waals surface area contributed by atoms with E-state index < -0.39 is 0 Å². The Labute approximate surface area is 115 Å². The predicted molar refractivity (Wildman–Crippen MR) is 76.8 cm³/mol. The highest BCUT2D eigenvalue weighted by molar-refractivity contribution is 5.92. The van der Waals surface area contributed by atoms with Crippen molar-refractivity contribution in [2.75, 3.05) is 18.4 Å². The molecule has 1 atom stereocenters. The van der Waals surface area contributed by atoms with Gasteiger partial charge in [-0.2, -0.15) is 5.26 Å². The minimum Gasteiger partial charge on any atom is -0.325 e. The first kappa shape index (κ1) is 15.2. The fourth-order valence-electron chi connectivity index (χ4n) is 1.85. The number of carbonyl (C=O) groups excluding carboxylic acids is 1. The zero-order valence-electron chi connectivity index (χ0n) is 11.8. The minimum absolute atomic E-state index is 0.0214. The van der Waals surface area contributed by atoms with Gasteiger partial charge in [0.25, 0.3) is 0 Å². The van der Waals surface area contributed by atoms with Gasteiger partial charge >= 0.3 is 0 Å². The van der Waals surface area contributed by atoms with Crippen LogP contribution in [0.5, 0.6) is 0 Å². The van der Waals surface area contributed by atoms with Crippen LogP contribution < -0.4 is 5.32 Å². The molecular formula is C15H21N3O. The largest absolute Gasteiger partial charge is 0.325 e. The van der Waals surface area contributed by atoms with E-state index in [1.807, 2.05) is 0 Å². The number of nitrogens with one attached hydrogen (secondary N) is 1. The number of rotatable bonds is 6. The molecule has 0 saturated carbocycles. The van der Waals surface area contributed by atoms with Crippen LogP contribution in [0.3, 0.4) is 0 Å². The molecule has 0 aliphatic heterocycles. The van der Waals surface area contributed by atoms with Crippen molar-refractivity contribution >= 4 is 11.6 Å². The smallest absolute Gasteiger partial charge is 0.238 e. The van der Waals surface area contributed by atoms with Crippen molar-refractivity contribution in [1.82, 2.24) is 4.90 Å². The second-order valence-electron chi connectivity index (χ2n) is 4.56. The van der Waals surface area contributed by atoms with Crippen LogP contribution in [0.4, 0.5) is 5.69 Å². The van der Waals surface area contributed by atoms with Crippen LogP contribution in [-0.4, -0.2) is 29.9 Å². The maximum Gasteiger partial charge on any atom is 0.238 e. The summed E-state index contributed by atoms with van der Waals surface area (Å²) < 4.78 is 0. The molecule has 4 nitrogen and oxygen atoms in total. The first-order valence-corrected chi connectivity index (χ1v) is 6.64. The molecule has 4 heteroatoms. The fraction of sp³-hybridized carbons (Fsp3) is 0.467. The normalized spacial score (nSPS) is 11.9. The Bertz CT molecular complexity index is 447. The highest BCUT2D eigenvalue weighted by atomic mass is 16.2. The van der Waals surface area contributed by atoms with E-state index >= 15 is 0 Å². The Kier molecular flexibility index (Phi) is 6.04. The van der Waals surface area contributed by atoms with Gasteiger partial charge in [0.15, 0.2) is 0 Å². The maximum absolute atomic E-state index is 11.9. The second kappa shape index (κ2) is 7.55. The molecule has 1 aromatic rings. The van der Waals surface area contributed by atoms with Crippen LogP contribution in [0, 0.1) is 11.3 Å². The Morgan fingerprint density at radius 1 is 1.37 bits per heavy atom. The van der Waals surface area contributed by atoms with Crippen LogP contribution in [0.1, 0.15) is 32.8 Å². The third-order valence-corrected chi connectivity index (χ3v) is 3.26. The summed E-state index contributed by atoms with van der Waals surface area (Å²) in [4.78, 5) is 14.1. The highest BCUT2D eigenvalue weighted by Crippen LogP contribution is 2.09. The lowest BCUT2D eigenvalue weighted by Crippen LogP contribution is -2.38. The van der Waals surface area contributed by atoms with Crippen molar-refractivity contribution in [2.45, 2.75) is 33.2 Å². The van der Waals surface area contributed by atoms with Crippen molar-refractivity contribution in [2.24, 2.45) is 0 Å². The zero-order chi connectivity index (χ0) is 14.3. The molecule has 1 aromatic carbocycles. The zero-order valence-corrected chi connectivity index (χ0v) is 11.8. The summed E-state index contributed by atoms with van der Waals surface area (Å²) in [6, 6.07) is 9.33. The molecule has 0 aliphatic rings. The molecule has 0 aliphatic carbocycles. The third kappa shape index (κ3) is 4.72. The van der Waals surface area contributed by atoms with Crippen molar-refractivity contribution < 1.29 is 4.79 Å². The Morgan fingerprint density at radius 3 is 2.47 bits per heavy atom. The molecule has 102 valence electrons. The molecule has 1 rings (SSSR count). The first-order chi connectivity index (χ1) is 9.10. The lowest BCUT2D eigenvalue weighted by Gasteiger charge is -2.26. The fourth-order valence-corrected chi connectivity index (χ4v) is 1.85. The van der Waals surface area contributed by atoms with Gasteiger partial charge in [-0.3, -0.25) is 9.69 Å². The van der Waals surface area contributed by atoms with Crippen molar-refractivity contribution in [3.05, 3.63) is 29.8 Å². The number of nitriles is 1. The molecule has 0 spiro atoms. The van der Waals surface area contributed by atoms with Gasteiger partial charge in [0.2, 0.25) is 5.91 Å². The van der Waals surface area contributed by atoms with Gasteiger partial charge in [0.05, 0.1) is 18.2 Å². The highest BCUT2D eigenvalue weighted by Gasteiger charge is 2.14. The van der Waals surface area contributed by atoms with Gasteiger partial charge in [-0.15, -0.1) is 0 Å². The number of amides is 1. The molecule has 1 N–H and O–H groups in total. The summed E-state index contributed by atoms with van der Waals surface area (Å²) in [5, 5.41) is 11.6. The number of anilines is 1. The Balaban J connectivity index is 2.56. The van der Waals surface area contributed by atoms with Gasteiger partial charge in [-0.1, -0.05) is 13.8 Å². The summed E-state index contributed by atoms with van der Waals surface area (Å²) in [7, 11) is 0. The number of likely N-dealkylation sites (N-methyl/N-ethyl adjacent to an activating group) is 1. The summed E-state index contributed by atoms with van der Waals surface area (Å²) in [5.41, 5.74) is 1.32. The average molecular weight is 259 g/mol. The minimum atomic E-state index is -0.0214. The summed E-state index contributed by atoms with van der Waals surface area (Å²) in [5.74, 6) is -0.0214. The van der Waals surface area contributed by atoms with Crippen molar-refractivity contribution in [3.63, 3.8) is 0 Å². The third-order valence-electron chi connectivity index (χ3n) is 3.26. The topological polar surface area (TPSA) is 56.1 Å². The van der Waals surface area contributed by atoms with E-state index in [0.29, 0.717) is 18.2 Å². The van der Waals surface area contributed by atoms with Gasteiger partial charge in [0.1, 0.15) is 0 Å². The van der Waals surface area contributed by atoms with E-state index in [1.165, 1.54) is 0 Å². The van der Waals surface area contributed by atoms with Gasteiger partial charge in [0, 0.05) is 11.7 Å². The van der Waals surface area contributed by atoms with E-state index in [9.17, 15) is 4.79 Å². The lowest BCUT2D eigenvalue weighted by atomic mass is 10.2. The van der Waals surface area contributed by atoms with Gasteiger partial charge in [-0.25, -0.2) is 0 Å². The molecule has 0 heterocycles. The monoisotopic (exact) mass is 259 g/mol. The number of benzene rings is 1. The van der Waals surface area contributed by atoms with Crippen molar-refractivity contribution in [1.29, 1.82) is 5.26 Å². The molecule has 19 heavy (non-hydrogen) atoms. The summed E-state index contributed by atoms with van der Waals surface area (Å²) in [6.07, 6.45) is 1.03. The summed E-state index contributed by atoms with van der Waals surface area (Å²) >= 11 is 0. The van der Waals surface area contributed by atoms with E-state index in [2.05, 4.69) is 37.1 Å². The Morgan fingerprint density at radius 2 is 2.00 bits per heavy atom. The lowest BCUT2D eigenvalue weighted by molar-refractivity contribution is -0.117. The molecule has 0 radical (unpaired) electrons. The van der Waals surface area contributed by atoms with Crippen LogP contribution in [0.25, 0.3) is 0 Å². The molecule has 0 bridgehead atoms. The summed E-state index contributed by atoms with van der Waals surface area (Å²) in [6.45, 7) is 7.55. The standard InChI is InChI=1S/C15H21N3O/c1-4-12(3)18(5-2)11-15(19)17-14-8-6-13(10-16)7-9-14/h6-9,12H,4-5,11H2,1-3H3,(H,17,19). The van der Waals surface area contributed by atoms with E-state index in [4.69, 9.17) is 5.26 Å². The number of hydrogen-bond donors (Lipinski definition) is 1. The van der Waals surface area contributed by atoms with E-state index in [-0.39, 0.29) is 5.91 Å². The van der Waals surface area contributed by atoms with Crippen LogP contribution in [-0.2, 0) is 4.79 Å². The van der Waals surface area contributed by atoms with E-state index in [0.717, 1.165) is 18.7 Å². The maximum atomic E-state index is 11.9. The molecule has 1 unspecified atom stereocenters. The second-order valence-corrected chi connectivity index (χ2v) is 4.56. The molecule has 0 aromatic heterocycles. The van der Waals surface area contributed by atoms with Gasteiger partial charge in [-0.05, 0) is 44.2 Å². The van der Waals surface area contributed by atoms with Crippen LogP contribution in [0.15, 0.2) is 24.3 Å². The molecular weight excluding hydrogens is 238 g/mol. The first-order valence-electron chi connectivity index (χ1n) is 6.64. The van der Waals surface area contributed by atoms with E-state index in [1.54, 1.807) is 24.3 Å². The van der Waals surface area contributed by atoms with Gasteiger partial charge < -0.3 is 5.32 Å².